The minimum Gasteiger partial charge on any atom is -0.476 e. The van der Waals surface area contributed by atoms with Crippen molar-refractivity contribution in [2.45, 2.75) is 30.6 Å². The van der Waals surface area contributed by atoms with Crippen LogP contribution in [-0.4, -0.2) is 25.4 Å². The van der Waals surface area contributed by atoms with E-state index in [9.17, 15) is 0 Å². The standard InChI is InChI=1S/C22H27NO2S/c1-24-23-22(17-16-20-12-6-4-7-13-20)25-18-10-2-3-11-19-26-21-14-8-5-9-15-21/h4-9,12-17H,2-3,10-11,18-19H2,1H3/b17-16+,23-22-. The van der Waals surface area contributed by atoms with E-state index in [4.69, 9.17) is 9.57 Å². The highest BCUT2D eigenvalue weighted by Gasteiger charge is 1.98. The lowest BCUT2D eigenvalue weighted by Crippen LogP contribution is -2.04. The van der Waals surface area contributed by atoms with Crippen LogP contribution in [0.4, 0.5) is 0 Å². The van der Waals surface area contributed by atoms with Crippen molar-refractivity contribution >= 4 is 23.7 Å². The van der Waals surface area contributed by atoms with Crippen LogP contribution in [0, 0.1) is 0 Å². The van der Waals surface area contributed by atoms with Crippen molar-refractivity contribution in [1.82, 2.24) is 0 Å². The van der Waals surface area contributed by atoms with Crippen molar-refractivity contribution in [2.24, 2.45) is 5.16 Å². The molecule has 0 N–H and O–H groups in total. The molecule has 0 aliphatic carbocycles. The lowest BCUT2D eigenvalue weighted by Gasteiger charge is -2.06. The smallest absolute Gasteiger partial charge is 0.250 e. The number of unbranched alkanes of at least 4 members (excludes halogenated alkanes) is 3. The van der Waals surface area contributed by atoms with E-state index in [2.05, 4.69) is 35.5 Å². The Balaban J connectivity index is 1.56. The van der Waals surface area contributed by atoms with Gasteiger partial charge in [0.05, 0.1) is 6.61 Å². The van der Waals surface area contributed by atoms with Gasteiger partial charge >= 0.3 is 0 Å². The molecular formula is C22H27NO2S. The Morgan fingerprint density at radius 3 is 2.35 bits per heavy atom. The van der Waals surface area contributed by atoms with Crippen LogP contribution in [0.3, 0.4) is 0 Å². The molecule has 2 aromatic rings. The zero-order valence-corrected chi connectivity index (χ0v) is 16.2. The number of hydrogen-bond acceptors (Lipinski definition) is 4. The van der Waals surface area contributed by atoms with Crippen LogP contribution in [0.1, 0.15) is 31.2 Å². The first kappa shape index (κ1) is 20.1. The lowest BCUT2D eigenvalue weighted by atomic mass is 10.2. The van der Waals surface area contributed by atoms with E-state index in [0.29, 0.717) is 12.5 Å². The maximum Gasteiger partial charge on any atom is 0.250 e. The number of thioether (sulfide) groups is 1. The minimum atomic E-state index is 0.510. The van der Waals surface area contributed by atoms with Crippen molar-refractivity contribution in [3.05, 3.63) is 72.3 Å². The third-order valence-electron chi connectivity index (χ3n) is 3.70. The quantitative estimate of drug-likeness (QED) is 0.159. The summed E-state index contributed by atoms with van der Waals surface area (Å²) in [6.45, 7) is 0.660. The molecule has 2 aromatic carbocycles. The fourth-order valence-corrected chi connectivity index (χ4v) is 3.30. The average molecular weight is 370 g/mol. The summed E-state index contributed by atoms with van der Waals surface area (Å²) >= 11 is 1.92. The number of nitrogens with zero attached hydrogens (tertiary/aromatic N) is 1. The van der Waals surface area contributed by atoms with Gasteiger partial charge in [-0.25, -0.2) is 0 Å². The van der Waals surface area contributed by atoms with Gasteiger partial charge < -0.3 is 9.57 Å². The van der Waals surface area contributed by atoms with E-state index in [1.165, 1.54) is 30.6 Å². The summed E-state index contributed by atoms with van der Waals surface area (Å²) in [4.78, 5) is 6.20. The molecule has 0 radical (unpaired) electrons. The summed E-state index contributed by atoms with van der Waals surface area (Å²) in [5.41, 5.74) is 1.11. The molecule has 0 spiro atoms. The second-order valence-electron chi connectivity index (χ2n) is 5.78. The molecule has 0 saturated carbocycles. The number of rotatable bonds is 11. The Hall–Kier alpha value is -2.20. The Bertz CT molecular complexity index is 656. The summed E-state index contributed by atoms with van der Waals surface area (Å²) in [5, 5.41) is 3.92. The number of oxime groups is 1. The molecule has 26 heavy (non-hydrogen) atoms. The molecule has 0 aliphatic heterocycles. The zero-order valence-electron chi connectivity index (χ0n) is 15.3. The number of hydrogen-bond donors (Lipinski definition) is 0. The van der Waals surface area contributed by atoms with Gasteiger partial charge in [0.25, 0.3) is 0 Å². The highest BCUT2D eigenvalue weighted by atomic mass is 32.2. The van der Waals surface area contributed by atoms with Gasteiger partial charge in [0.2, 0.25) is 5.90 Å². The molecule has 4 heteroatoms. The molecule has 0 heterocycles. The minimum absolute atomic E-state index is 0.510. The van der Waals surface area contributed by atoms with Crippen LogP contribution in [-0.2, 0) is 9.57 Å². The second kappa shape index (κ2) is 13.1. The highest BCUT2D eigenvalue weighted by Crippen LogP contribution is 2.19. The van der Waals surface area contributed by atoms with Crippen LogP contribution in [0.5, 0.6) is 0 Å². The molecule has 0 bridgehead atoms. The molecule has 0 fully saturated rings. The van der Waals surface area contributed by atoms with Crippen LogP contribution in [0.15, 0.2) is 76.8 Å². The maximum absolute atomic E-state index is 5.71. The van der Waals surface area contributed by atoms with Crippen molar-refractivity contribution in [3.63, 3.8) is 0 Å². The van der Waals surface area contributed by atoms with E-state index in [0.717, 1.165) is 18.4 Å². The Morgan fingerprint density at radius 1 is 0.923 bits per heavy atom. The summed E-state index contributed by atoms with van der Waals surface area (Å²) in [5.74, 6) is 1.68. The van der Waals surface area contributed by atoms with Crippen molar-refractivity contribution in [2.75, 3.05) is 19.5 Å². The highest BCUT2D eigenvalue weighted by molar-refractivity contribution is 7.99. The molecule has 0 saturated heterocycles. The first-order valence-corrected chi connectivity index (χ1v) is 10.0. The molecule has 0 amide bonds. The first-order chi connectivity index (χ1) is 12.9. The SMILES string of the molecule is CO/N=C(/C=C/c1ccccc1)OCCCCCCSc1ccccc1. The van der Waals surface area contributed by atoms with Crippen LogP contribution in [0.2, 0.25) is 0 Å². The van der Waals surface area contributed by atoms with Gasteiger partial charge in [-0.1, -0.05) is 61.4 Å². The zero-order chi connectivity index (χ0) is 18.3. The third kappa shape index (κ3) is 8.77. The molecule has 2 rings (SSSR count). The Labute approximate surface area is 161 Å². The van der Waals surface area contributed by atoms with Crippen LogP contribution >= 0.6 is 11.8 Å². The normalized spacial score (nSPS) is 11.7. The first-order valence-electron chi connectivity index (χ1n) is 9.03. The van der Waals surface area contributed by atoms with E-state index in [1.54, 1.807) is 0 Å². The van der Waals surface area contributed by atoms with Gasteiger partial charge in [-0.2, -0.15) is 0 Å². The van der Waals surface area contributed by atoms with E-state index in [1.807, 2.05) is 54.2 Å². The van der Waals surface area contributed by atoms with Crippen molar-refractivity contribution < 1.29 is 9.57 Å². The third-order valence-corrected chi connectivity index (χ3v) is 4.80. The van der Waals surface area contributed by atoms with Crippen molar-refractivity contribution in [3.8, 4) is 0 Å². The molecular weight excluding hydrogens is 342 g/mol. The summed E-state index contributed by atoms with van der Waals surface area (Å²) in [6.07, 6.45) is 8.45. The lowest BCUT2D eigenvalue weighted by molar-refractivity contribution is 0.191. The van der Waals surface area contributed by atoms with E-state index >= 15 is 0 Å². The monoisotopic (exact) mass is 369 g/mol. The fraction of sp³-hybridized carbons (Fsp3) is 0.318. The second-order valence-corrected chi connectivity index (χ2v) is 6.95. The summed E-state index contributed by atoms with van der Waals surface area (Å²) in [6, 6.07) is 20.6. The predicted molar refractivity (Wildman–Crippen MR) is 112 cm³/mol. The Kier molecular flexibility index (Phi) is 10.1. The van der Waals surface area contributed by atoms with Crippen LogP contribution < -0.4 is 0 Å². The summed E-state index contributed by atoms with van der Waals surface area (Å²) < 4.78 is 5.71. The van der Waals surface area contributed by atoms with E-state index < -0.39 is 0 Å². The van der Waals surface area contributed by atoms with Gasteiger partial charge in [-0.15, -0.1) is 11.8 Å². The summed E-state index contributed by atoms with van der Waals surface area (Å²) in [7, 11) is 1.53. The molecule has 0 unspecified atom stereocenters. The van der Waals surface area contributed by atoms with E-state index in [-0.39, 0.29) is 0 Å². The Morgan fingerprint density at radius 2 is 1.62 bits per heavy atom. The molecule has 138 valence electrons. The largest absolute Gasteiger partial charge is 0.476 e. The van der Waals surface area contributed by atoms with Crippen LogP contribution in [0.25, 0.3) is 6.08 Å². The van der Waals surface area contributed by atoms with Gasteiger partial charge in [-0.05, 0) is 47.5 Å². The molecule has 0 aromatic heterocycles. The predicted octanol–water partition coefficient (Wildman–Crippen LogP) is 6.03. The van der Waals surface area contributed by atoms with Gasteiger partial charge in [-0.3, -0.25) is 0 Å². The topological polar surface area (TPSA) is 30.8 Å². The number of ether oxygens (including phenoxy) is 1. The molecule has 0 aliphatic rings. The average Bonchev–Trinajstić information content (AvgIpc) is 2.69. The van der Waals surface area contributed by atoms with Gasteiger partial charge in [0.15, 0.2) is 0 Å². The maximum atomic E-state index is 5.71. The van der Waals surface area contributed by atoms with Gasteiger partial charge in [0, 0.05) is 11.0 Å². The molecule has 0 atom stereocenters. The molecule has 3 nitrogen and oxygen atoms in total. The fourth-order valence-electron chi connectivity index (χ4n) is 2.37. The van der Waals surface area contributed by atoms with Crippen molar-refractivity contribution in [1.29, 1.82) is 0 Å². The number of benzene rings is 2. The van der Waals surface area contributed by atoms with Gasteiger partial charge in [0.1, 0.15) is 7.11 Å².